The summed E-state index contributed by atoms with van der Waals surface area (Å²) in [6.07, 6.45) is 7.74. The molecule has 1 aromatic rings. The van der Waals surface area contributed by atoms with Gasteiger partial charge in [-0.15, -0.1) is 0 Å². The molecule has 21 heavy (non-hydrogen) atoms. The summed E-state index contributed by atoms with van der Waals surface area (Å²) >= 11 is 0. The fourth-order valence-electron chi connectivity index (χ4n) is 2.81. The number of hydrogen-bond donors (Lipinski definition) is 0. The topological polar surface area (TPSA) is 41.4 Å². The average Bonchev–Trinajstić information content (AvgIpc) is 2.98. The number of imidazole rings is 1. The predicted octanol–water partition coefficient (Wildman–Crippen LogP) is 1.78. The first-order valence-electron chi connectivity index (χ1n) is 8.24. The highest BCUT2D eigenvalue weighted by atomic mass is 16.2. The molecule has 2 heterocycles. The van der Waals surface area contributed by atoms with Crippen LogP contribution in [0, 0.1) is 0 Å². The number of hydrogen-bond acceptors (Lipinski definition) is 3. The number of amides is 1. The number of aromatic nitrogens is 2. The monoisotopic (exact) mass is 292 g/mol. The zero-order valence-electron chi connectivity index (χ0n) is 13.4. The molecule has 0 atom stereocenters. The summed E-state index contributed by atoms with van der Waals surface area (Å²) in [6.45, 7) is 10.1. The maximum Gasteiger partial charge on any atom is 0.222 e. The highest BCUT2D eigenvalue weighted by molar-refractivity contribution is 5.76. The largest absolute Gasteiger partial charge is 0.340 e. The number of carbonyl (C=O) groups excluding carboxylic acids is 1. The van der Waals surface area contributed by atoms with E-state index in [1.807, 2.05) is 11.1 Å². The average molecular weight is 292 g/mol. The summed E-state index contributed by atoms with van der Waals surface area (Å²) in [5.74, 6) is 1.49. The van der Waals surface area contributed by atoms with Gasteiger partial charge in [0.2, 0.25) is 5.91 Å². The molecule has 1 amide bonds. The van der Waals surface area contributed by atoms with Gasteiger partial charge in [-0.25, -0.2) is 4.98 Å². The third-order valence-corrected chi connectivity index (χ3v) is 4.24. The van der Waals surface area contributed by atoms with Crippen LogP contribution >= 0.6 is 0 Å². The lowest BCUT2D eigenvalue weighted by molar-refractivity contribution is -0.133. The molecule has 1 aromatic heterocycles. The second kappa shape index (κ2) is 8.17. The summed E-state index contributed by atoms with van der Waals surface area (Å²) in [7, 11) is 0. The van der Waals surface area contributed by atoms with Crippen molar-refractivity contribution in [1.82, 2.24) is 19.4 Å². The van der Waals surface area contributed by atoms with Crippen molar-refractivity contribution < 1.29 is 4.79 Å². The Kier molecular flexibility index (Phi) is 6.23. The van der Waals surface area contributed by atoms with E-state index in [0.29, 0.717) is 12.3 Å². The van der Waals surface area contributed by atoms with Crippen molar-refractivity contribution in [2.45, 2.75) is 46.1 Å². The van der Waals surface area contributed by atoms with Gasteiger partial charge in [0.05, 0.1) is 0 Å². The molecule has 0 radical (unpaired) electrons. The highest BCUT2D eigenvalue weighted by Gasteiger charge is 2.20. The SMILES string of the molecule is CCCCC(=O)N1CCN(CCn2ccnc2CC)CC1. The lowest BCUT2D eigenvalue weighted by atomic mass is 10.2. The summed E-state index contributed by atoms with van der Waals surface area (Å²) in [6, 6.07) is 0. The van der Waals surface area contributed by atoms with Crippen molar-refractivity contribution in [2.24, 2.45) is 0 Å². The van der Waals surface area contributed by atoms with E-state index in [-0.39, 0.29) is 0 Å². The third kappa shape index (κ3) is 4.56. The summed E-state index contributed by atoms with van der Waals surface area (Å²) in [5.41, 5.74) is 0. The molecule has 0 aliphatic carbocycles. The van der Waals surface area contributed by atoms with Crippen LogP contribution < -0.4 is 0 Å². The van der Waals surface area contributed by atoms with Gasteiger partial charge in [0.1, 0.15) is 5.82 Å². The summed E-state index contributed by atoms with van der Waals surface area (Å²) < 4.78 is 2.23. The van der Waals surface area contributed by atoms with E-state index < -0.39 is 0 Å². The molecule has 5 heteroatoms. The Balaban J connectivity index is 1.70. The number of carbonyl (C=O) groups is 1. The first-order valence-corrected chi connectivity index (χ1v) is 8.24. The lowest BCUT2D eigenvalue weighted by Gasteiger charge is -2.35. The molecule has 0 N–H and O–H groups in total. The van der Waals surface area contributed by atoms with Crippen molar-refractivity contribution in [3.8, 4) is 0 Å². The van der Waals surface area contributed by atoms with Crippen LogP contribution in [0.15, 0.2) is 12.4 Å². The van der Waals surface area contributed by atoms with Crippen molar-refractivity contribution in [1.29, 1.82) is 0 Å². The van der Waals surface area contributed by atoms with E-state index in [1.54, 1.807) is 0 Å². The van der Waals surface area contributed by atoms with Gasteiger partial charge in [-0.05, 0) is 6.42 Å². The van der Waals surface area contributed by atoms with E-state index >= 15 is 0 Å². The number of unbranched alkanes of at least 4 members (excludes halogenated alkanes) is 1. The van der Waals surface area contributed by atoms with Crippen molar-refractivity contribution in [2.75, 3.05) is 32.7 Å². The van der Waals surface area contributed by atoms with E-state index in [0.717, 1.165) is 64.4 Å². The molecular formula is C16H28N4O. The van der Waals surface area contributed by atoms with Gasteiger partial charge >= 0.3 is 0 Å². The quantitative estimate of drug-likeness (QED) is 0.769. The Morgan fingerprint density at radius 3 is 2.62 bits per heavy atom. The minimum absolute atomic E-state index is 0.333. The van der Waals surface area contributed by atoms with Crippen molar-refractivity contribution >= 4 is 5.91 Å². The minimum Gasteiger partial charge on any atom is -0.340 e. The Hall–Kier alpha value is -1.36. The molecule has 0 bridgehead atoms. The first-order chi connectivity index (χ1) is 10.2. The van der Waals surface area contributed by atoms with E-state index in [9.17, 15) is 4.79 Å². The summed E-state index contributed by atoms with van der Waals surface area (Å²) in [4.78, 5) is 20.8. The van der Waals surface area contributed by atoms with E-state index in [1.165, 1.54) is 0 Å². The number of aryl methyl sites for hydroxylation is 1. The van der Waals surface area contributed by atoms with Crippen LogP contribution in [0.5, 0.6) is 0 Å². The molecule has 0 spiro atoms. The second-order valence-electron chi connectivity index (χ2n) is 5.72. The molecule has 0 saturated carbocycles. The van der Waals surface area contributed by atoms with Gasteiger partial charge < -0.3 is 9.47 Å². The molecule has 5 nitrogen and oxygen atoms in total. The van der Waals surface area contributed by atoms with Gasteiger partial charge in [-0.1, -0.05) is 20.3 Å². The maximum atomic E-state index is 12.0. The van der Waals surface area contributed by atoms with Crippen LogP contribution in [0.25, 0.3) is 0 Å². The third-order valence-electron chi connectivity index (χ3n) is 4.24. The fraction of sp³-hybridized carbons (Fsp3) is 0.750. The van der Waals surface area contributed by atoms with Crippen molar-refractivity contribution in [3.05, 3.63) is 18.2 Å². The van der Waals surface area contributed by atoms with Gasteiger partial charge in [-0.2, -0.15) is 0 Å². The standard InChI is InChI=1S/C16H28N4O/c1-3-5-6-16(21)20-13-10-18(11-14-20)9-12-19-8-7-17-15(19)4-2/h7-8H,3-6,9-14H2,1-2H3. The number of piperazine rings is 1. The Labute approximate surface area is 127 Å². The second-order valence-corrected chi connectivity index (χ2v) is 5.72. The van der Waals surface area contributed by atoms with Crippen LogP contribution in [0.2, 0.25) is 0 Å². The molecule has 1 fully saturated rings. The molecule has 1 saturated heterocycles. The smallest absolute Gasteiger partial charge is 0.222 e. The van der Waals surface area contributed by atoms with Gasteiger partial charge in [0, 0.05) is 64.5 Å². The normalized spacial score (nSPS) is 16.4. The molecule has 1 aliphatic rings. The van der Waals surface area contributed by atoms with Gasteiger partial charge in [-0.3, -0.25) is 9.69 Å². The molecule has 118 valence electrons. The number of rotatable bonds is 7. The Morgan fingerprint density at radius 1 is 1.19 bits per heavy atom. The molecule has 1 aliphatic heterocycles. The predicted molar refractivity (Wildman–Crippen MR) is 84.2 cm³/mol. The molecular weight excluding hydrogens is 264 g/mol. The van der Waals surface area contributed by atoms with E-state index in [4.69, 9.17) is 0 Å². The molecule has 0 aromatic carbocycles. The number of nitrogens with zero attached hydrogens (tertiary/aromatic N) is 4. The zero-order valence-corrected chi connectivity index (χ0v) is 13.4. The van der Waals surface area contributed by atoms with Crippen LogP contribution in [0.1, 0.15) is 38.9 Å². The van der Waals surface area contributed by atoms with Crippen molar-refractivity contribution in [3.63, 3.8) is 0 Å². The highest BCUT2D eigenvalue weighted by Crippen LogP contribution is 2.07. The Morgan fingerprint density at radius 2 is 1.95 bits per heavy atom. The lowest BCUT2D eigenvalue weighted by Crippen LogP contribution is -2.49. The van der Waals surface area contributed by atoms with Crippen LogP contribution in [-0.2, 0) is 17.8 Å². The van der Waals surface area contributed by atoms with Gasteiger partial charge in [0.15, 0.2) is 0 Å². The minimum atomic E-state index is 0.333. The van der Waals surface area contributed by atoms with Crippen LogP contribution in [0.3, 0.4) is 0 Å². The Bertz CT molecular complexity index is 435. The van der Waals surface area contributed by atoms with Crippen LogP contribution in [-0.4, -0.2) is 58.0 Å². The zero-order chi connectivity index (χ0) is 15.1. The molecule has 2 rings (SSSR count). The fourth-order valence-corrected chi connectivity index (χ4v) is 2.81. The van der Waals surface area contributed by atoms with Gasteiger partial charge in [0.25, 0.3) is 0 Å². The van der Waals surface area contributed by atoms with Crippen LogP contribution in [0.4, 0.5) is 0 Å². The van der Waals surface area contributed by atoms with E-state index in [2.05, 4.69) is 34.5 Å². The maximum absolute atomic E-state index is 12.0. The first kappa shape index (κ1) is 16.0. The summed E-state index contributed by atoms with van der Waals surface area (Å²) in [5, 5.41) is 0. The molecule has 0 unspecified atom stereocenters.